The molecule has 7 nitrogen and oxygen atoms in total. The molecular formula is C10H11N3O4S. The molecule has 96 valence electrons. The summed E-state index contributed by atoms with van der Waals surface area (Å²) in [6.45, 7) is 0.182. The van der Waals surface area contributed by atoms with Gasteiger partial charge in [-0.2, -0.15) is 0 Å². The van der Waals surface area contributed by atoms with Gasteiger partial charge in [-0.25, -0.2) is 23.3 Å². The van der Waals surface area contributed by atoms with Gasteiger partial charge in [0.2, 0.25) is 10.0 Å². The zero-order valence-corrected chi connectivity index (χ0v) is 10.1. The van der Waals surface area contributed by atoms with Gasteiger partial charge in [0.1, 0.15) is 0 Å². The number of primary sulfonamides is 1. The maximum absolute atomic E-state index is 10.9. The normalized spacial score (nSPS) is 11.8. The van der Waals surface area contributed by atoms with Crippen molar-refractivity contribution in [3.63, 3.8) is 0 Å². The van der Waals surface area contributed by atoms with Crippen molar-refractivity contribution in [2.45, 2.75) is 6.54 Å². The molecule has 0 aliphatic carbocycles. The highest BCUT2D eigenvalue weighted by molar-refractivity contribution is 7.89. The first-order chi connectivity index (χ1) is 8.37. The smallest absolute Gasteiger partial charge is 0.335 e. The SMILES string of the molecule is NS(=O)(=O)CCn1cnc2cc(C(=O)O)ccc21. The molecule has 0 unspecified atom stereocenters. The number of aromatic nitrogens is 2. The first kappa shape index (κ1) is 12.5. The van der Waals surface area contributed by atoms with Gasteiger partial charge in [-0.05, 0) is 18.2 Å². The van der Waals surface area contributed by atoms with Gasteiger partial charge in [-0.3, -0.25) is 0 Å². The van der Waals surface area contributed by atoms with Crippen molar-refractivity contribution in [2.24, 2.45) is 5.14 Å². The van der Waals surface area contributed by atoms with Gasteiger partial charge >= 0.3 is 5.97 Å². The number of imidazole rings is 1. The van der Waals surface area contributed by atoms with Gasteiger partial charge in [0, 0.05) is 6.54 Å². The Bertz CT molecular complexity index is 705. The minimum atomic E-state index is -3.53. The molecule has 0 aliphatic heterocycles. The monoisotopic (exact) mass is 269 g/mol. The maximum atomic E-state index is 10.9. The second-order valence-corrected chi connectivity index (χ2v) is 5.55. The molecule has 2 aromatic rings. The van der Waals surface area contributed by atoms with Crippen molar-refractivity contribution in [2.75, 3.05) is 5.75 Å². The summed E-state index contributed by atoms with van der Waals surface area (Å²) in [5, 5.41) is 13.8. The zero-order valence-electron chi connectivity index (χ0n) is 9.28. The van der Waals surface area contributed by atoms with E-state index in [1.165, 1.54) is 18.5 Å². The third-order valence-electron chi connectivity index (χ3n) is 2.48. The van der Waals surface area contributed by atoms with Crippen molar-refractivity contribution in [3.05, 3.63) is 30.1 Å². The van der Waals surface area contributed by atoms with E-state index >= 15 is 0 Å². The van der Waals surface area contributed by atoms with Crippen LogP contribution in [0, 0.1) is 0 Å². The van der Waals surface area contributed by atoms with Gasteiger partial charge in [0.15, 0.2) is 0 Å². The van der Waals surface area contributed by atoms with Crippen molar-refractivity contribution in [1.82, 2.24) is 9.55 Å². The number of hydrogen-bond donors (Lipinski definition) is 2. The Morgan fingerprint density at radius 3 is 2.78 bits per heavy atom. The van der Waals surface area contributed by atoms with Crippen LogP contribution in [0.1, 0.15) is 10.4 Å². The first-order valence-electron chi connectivity index (χ1n) is 5.05. The zero-order chi connectivity index (χ0) is 13.3. The number of carbonyl (C=O) groups is 1. The van der Waals surface area contributed by atoms with E-state index in [0.29, 0.717) is 11.0 Å². The molecule has 1 aromatic carbocycles. The quantitative estimate of drug-likeness (QED) is 0.812. The molecule has 0 bridgehead atoms. The van der Waals surface area contributed by atoms with E-state index in [1.807, 2.05) is 0 Å². The van der Waals surface area contributed by atoms with Crippen LogP contribution in [0.5, 0.6) is 0 Å². The van der Waals surface area contributed by atoms with Gasteiger partial charge in [-0.1, -0.05) is 0 Å². The topological polar surface area (TPSA) is 115 Å². The fourth-order valence-corrected chi connectivity index (χ4v) is 2.05. The molecule has 0 atom stereocenters. The summed E-state index contributed by atoms with van der Waals surface area (Å²) >= 11 is 0. The molecule has 8 heteroatoms. The third kappa shape index (κ3) is 2.66. The van der Waals surface area contributed by atoms with Crippen LogP contribution in [0.15, 0.2) is 24.5 Å². The summed E-state index contributed by atoms with van der Waals surface area (Å²) in [5.41, 5.74) is 1.31. The number of aryl methyl sites for hydroxylation is 1. The molecule has 0 saturated heterocycles. The summed E-state index contributed by atoms with van der Waals surface area (Å²) < 4.78 is 23.4. The summed E-state index contributed by atoms with van der Waals surface area (Å²) in [5.74, 6) is -1.23. The van der Waals surface area contributed by atoms with E-state index < -0.39 is 16.0 Å². The summed E-state index contributed by atoms with van der Waals surface area (Å²) in [6, 6.07) is 4.47. The van der Waals surface area contributed by atoms with E-state index in [4.69, 9.17) is 10.2 Å². The Morgan fingerprint density at radius 2 is 2.17 bits per heavy atom. The molecule has 2 rings (SSSR count). The Kier molecular flexibility index (Phi) is 3.05. The molecule has 0 aliphatic rings. The highest BCUT2D eigenvalue weighted by Gasteiger charge is 2.09. The van der Waals surface area contributed by atoms with Gasteiger partial charge in [0.05, 0.1) is 28.7 Å². The molecular weight excluding hydrogens is 258 g/mol. The van der Waals surface area contributed by atoms with Gasteiger partial charge in [-0.15, -0.1) is 0 Å². The third-order valence-corrected chi connectivity index (χ3v) is 3.24. The predicted octanol–water partition coefficient (Wildman–Crippen LogP) is 0.0230. The number of aromatic carboxylic acids is 1. The molecule has 1 aromatic heterocycles. The standard InChI is InChI=1S/C10H11N3O4S/c11-18(16,17)4-3-13-6-12-8-5-7(10(14)15)1-2-9(8)13/h1-2,5-6H,3-4H2,(H,14,15)(H2,11,16,17). The number of carboxylic acid groups (broad SMARTS) is 1. The number of fused-ring (bicyclic) bond motifs is 1. The van der Waals surface area contributed by atoms with Gasteiger partial charge < -0.3 is 9.67 Å². The second kappa shape index (κ2) is 4.39. The first-order valence-corrected chi connectivity index (χ1v) is 6.77. The second-order valence-electron chi connectivity index (χ2n) is 3.81. The molecule has 0 amide bonds. The van der Waals surface area contributed by atoms with E-state index in [2.05, 4.69) is 4.98 Å². The molecule has 0 fully saturated rings. The summed E-state index contributed by atoms with van der Waals surface area (Å²) in [4.78, 5) is 14.8. The van der Waals surface area contributed by atoms with Crippen LogP contribution >= 0.6 is 0 Å². The van der Waals surface area contributed by atoms with Crippen molar-refractivity contribution in [1.29, 1.82) is 0 Å². The summed E-state index contributed by atoms with van der Waals surface area (Å²) in [6.07, 6.45) is 1.46. The average Bonchev–Trinajstić information content (AvgIpc) is 2.67. The lowest BCUT2D eigenvalue weighted by atomic mass is 10.2. The number of rotatable bonds is 4. The Labute approximate surface area is 103 Å². The number of carboxylic acids is 1. The number of nitrogens with two attached hydrogens (primary N) is 1. The van der Waals surface area contributed by atoms with Crippen LogP contribution in [-0.4, -0.2) is 34.8 Å². The lowest BCUT2D eigenvalue weighted by Crippen LogP contribution is -2.20. The lowest BCUT2D eigenvalue weighted by molar-refractivity contribution is 0.0697. The largest absolute Gasteiger partial charge is 0.478 e. The number of hydrogen-bond acceptors (Lipinski definition) is 4. The molecule has 18 heavy (non-hydrogen) atoms. The molecule has 0 radical (unpaired) electrons. The minimum Gasteiger partial charge on any atom is -0.478 e. The van der Waals surface area contributed by atoms with E-state index in [-0.39, 0.29) is 17.9 Å². The van der Waals surface area contributed by atoms with Crippen molar-refractivity contribution in [3.8, 4) is 0 Å². The van der Waals surface area contributed by atoms with Crippen LogP contribution in [0.25, 0.3) is 11.0 Å². The van der Waals surface area contributed by atoms with E-state index in [0.717, 1.165) is 0 Å². The molecule has 0 spiro atoms. The van der Waals surface area contributed by atoms with Crippen LogP contribution in [0.2, 0.25) is 0 Å². The molecule has 0 saturated carbocycles. The Morgan fingerprint density at radius 1 is 1.44 bits per heavy atom. The number of nitrogens with zero attached hydrogens (tertiary/aromatic N) is 2. The number of benzene rings is 1. The van der Waals surface area contributed by atoms with Crippen molar-refractivity contribution < 1.29 is 18.3 Å². The van der Waals surface area contributed by atoms with E-state index in [1.54, 1.807) is 10.6 Å². The van der Waals surface area contributed by atoms with Crippen LogP contribution < -0.4 is 5.14 Å². The van der Waals surface area contributed by atoms with Gasteiger partial charge in [0.25, 0.3) is 0 Å². The van der Waals surface area contributed by atoms with Crippen LogP contribution in [0.4, 0.5) is 0 Å². The fraction of sp³-hybridized carbons (Fsp3) is 0.200. The van der Waals surface area contributed by atoms with Crippen LogP contribution in [0.3, 0.4) is 0 Å². The minimum absolute atomic E-state index is 0.138. The average molecular weight is 269 g/mol. The Balaban J connectivity index is 2.34. The van der Waals surface area contributed by atoms with Crippen LogP contribution in [-0.2, 0) is 16.6 Å². The predicted molar refractivity (Wildman–Crippen MR) is 64.7 cm³/mol. The molecule has 1 heterocycles. The highest BCUT2D eigenvalue weighted by Crippen LogP contribution is 2.15. The Hall–Kier alpha value is -1.93. The number of sulfonamides is 1. The molecule has 3 N–H and O–H groups in total. The van der Waals surface area contributed by atoms with E-state index in [9.17, 15) is 13.2 Å². The fourth-order valence-electron chi connectivity index (χ4n) is 1.60. The highest BCUT2D eigenvalue weighted by atomic mass is 32.2. The maximum Gasteiger partial charge on any atom is 0.335 e. The lowest BCUT2D eigenvalue weighted by Gasteiger charge is -2.03. The van der Waals surface area contributed by atoms with Crippen molar-refractivity contribution >= 4 is 27.0 Å². The summed E-state index contributed by atoms with van der Waals surface area (Å²) in [7, 11) is -3.53.